The minimum atomic E-state index is 0.808. The summed E-state index contributed by atoms with van der Waals surface area (Å²) < 4.78 is 10.6. The first kappa shape index (κ1) is 17.1. The molecule has 2 rings (SSSR count). The Labute approximate surface area is 134 Å². The van der Waals surface area contributed by atoms with Crippen molar-refractivity contribution in [2.24, 2.45) is 0 Å². The lowest BCUT2D eigenvalue weighted by molar-refractivity contribution is 0.236. The second-order valence-corrected chi connectivity index (χ2v) is 5.95. The van der Waals surface area contributed by atoms with Gasteiger partial charge in [0.05, 0.1) is 14.2 Å². The fourth-order valence-electron chi connectivity index (χ4n) is 2.99. The molecule has 1 heterocycles. The van der Waals surface area contributed by atoms with Gasteiger partial charge in [0.2, 0.25) is 0 Å². The van der Waals surface area contributed by atoms with Crippen molar-refractivity contribution in [1.29, 1.82) is 0 Å². The molecule has 0 unspecified atom stereocenters. The van der Waals surface area contributed by atoms with Gasteiger partial charge in [-0.1, -0.05) is 18.9 Å². The highest BCUT2D eigenvalue weighted by Gasteiger charge is 2.08. The lowest BCUT2D eigenvalue weighted by atomic mass is 10.1. The molecule has 4 heteroatoms. The zero-order valence-corrected chi connectivity index (χ0v) is 14.1. The average Bonchev–Trinajstić information content (AvgIpc) is 2.58. The molecule has 0 saturated carbocycles. The quantitative estimate of drug-likeness (QED) is 0.711. The summed E-state index contributed by atoms with van der Waals surface area (Å²) in [5.74, 6) is 1.64. The van der Waals surface area contributed by atoms with E-state index in [1.165, 1.54) is 50.9 Å². The molecule has 1 aliphatic heterocycles. The average molecular weight is 306 g/mol. The number of unbranched alkanes of at least 4 members (excludes halogenated alkanes) is 3. The van der Waals surface area contributed by atoms with Gasteiger partial charge in [-0.3, -0.25) is 0 Å². The van der Waals surface area contributed by atoms with E-state index in [9.17, 15) is 0 Å². The van der Waals surface area contributed by atoms with Crippen molar-refractivity contribution in [2.75, 3.05) is 46.9 Å². The van der Waals surface area contributed by atoms with E-state index in [0.717, 1.165) is 31.0 Å². The molecule has 1 aliphatic rings. The third-order valence-corrected chi connectivity index (χ3v) is 4.35. The van der Waals surface area contributed by atoms with E-state index in [0.29, 0.717) is 0 Å². The van der Waals surface area contributed by atoms with Crippen LogP contribution < -0.4 is 14.8 Å². The highest BCUT2D eigenvalue weighted by Crippen LogP contribution is 2.28. The van der Waals surface area contributed by atoms with E-state index in [4.69, 9.17) is 9.47 Å². The Morgan fingerprint density at radius 1 is 0.955 bits per heavy atom. The van der Waals surface area contributed by atoms with E-state index in [1.807, 2.05) is 6.07 Å². The summed E-state index contributed by atoms with van der Waals surface area (Å²) in [7, 11) is 3.37. The number of aryl methyl sites for hydroxylation is 1. The van der Waals surface area contributed by atoms with E-state index < -0.39 is 0 Å². The molecule has 0 atom stereocenters. The Kier molecular flexibility index (Phi) is 7.54. The van der Waals surface area contributed by atoms with Crippen LogP contribution in [-0.2, 0) is 6.42 Å². The summed E-state index contributed by atoms with van der Waals surface area (Å²) in [6.45, 7) is 5.99. The summed E-state index contributed by atoms with van der Waals surface area (Å²) in [5, 5.41) is 3.40. The lowest BCUT2D eigenvalue weighted by Gasteiger charge is -2.27. The summed E-state index contributed by atoms with van der Waals surface area (Å²) in [6, 6.07) is 6.24. The van der Waals surface area contributed by atoms with Crippen LogP contribution in [0.15, 0.2) is 18.2 Å². The zero-order valence-electron chi connectivity index (χ0n) is 14.1. The van der Waals surface area contributed by atoms with Gasteiger partial charge in [0.25, 0.3) is 0 Å². The minimum Gasteiger partial charge on any atom is -0.493 e. The van der Waals surface area contributed by atoms with Gasteiger partial charge < -0.3 is 19.7 Å². The van der Waals surface area contributed by atoms with Crippen molar-refractivity contribution in [1.82, 2.24) is 10.2 Å². The van der Waals surface area contributed by atoms with Crippen molar-refractivity contribution in [3.63, 3.8) is 0 Å². The van der Waals surface area contributed by atoms with E-state index >= 15 is 0 Å². The van der Waals surface area contributed by atoms with Crippen molar-refractivity contribution < 1.29 is 9.47 Å². The Hall–Kier alpha value is -1.26. The second-order valence-electron chi connectivity index (χ2n) is 5.95. The van der Waals surface area contributed by atoms with Gasteiger partial charge in [-0.05, 0) is 43.5 Å². The van der Waals surface area contributed by atoms with Gasteiger partial charge in [0, 0.05) is 26.2 Å². The number of methoxy groups -OCH3 is 2. The van der Waals surface area contributed by atoms with Crippen LogP contribution in [0, 0.1) is 0 Å². The largest absolute Gasteiger partial charge is 0.493 e. The lowest BCUT2D eigenvalue weighted by Crippen LogP contribution is -2.43. The molecule has 1 fully saturated rings. The molecule has 4 nitrogen and oxygen atoms in total. The Balaban J connectivity index is 1.60. The molecule has 22 heavy (non-hydrogen) atoms. The molecule has 0 aromatic heterocycles. The monoisotopic (exact) mass is 306 g/mol. The van der Waals surface area contributed by atoms with Crippen LogP contribution in [0.5, 0.6) is 11.5 Å². The number of benzene rings is 1. The third kappa shape index (κ3) is 5.50. The van der Waals surface area contributed by atoms with Crippen molar-refractivity contribution >= 4 is 0 Å². The molecule has 0 amide bonds. The van der Waals surface area contributed by atoms with Crippen LogP contribution in [0.25, 0.3) is 0 Å². The van der Waals surface area contributed by atoms with Crippen LogP contribution in [-0.4, -0.2) is 51.8 Å². The SMILES string of the molecule is COc1ccc(CCCCCCN2CCNCC2)cc1OC. The van der Waals surface area contributed by atoms with E-state index in [-0.39, 0.29) is 0 Å². The van der Waals surface area contributed by atoms with Crippen LogP contribution in [0.3, 0.4) is 0 Å². The predicted octanol–water partition coefficient (Wildman–Crippen LogP) is 2.71. The molecular formula is C18H30N2O2. The maximum absolute atomic E-state index is 5.35. The summed E-state index contributed by atoms with van der Waals surface area (Å²) >= 11 is 0. The highest BCUT2D eigenvalue weighted by atomic mass is 16.5. The molecule has 0 spiro atoms. The molecular weight excluding hydrogens is 276 g/mol. The Bertz CT molecular complexity index is 431. The number of hydrogen-bond acceptors (Lipinski definition) is 4. The predicted molar refractivity (Wildman–Crippen MR) is 91.0 cm³/mol. The van der Waals surface area contributed by atoms with Crippen LogP contribution in [0.1, 0.15) is 31.2 Å². The van der Waals surface area contributed by atoms with Gasteiger partial charge in [0.1, 0.15) is 0 Å². The second kappa shape index (κ2) is 9.70. The Morgan fingerprint density at radius 2 is 1.68 bits per heavy atom. The van der Waals surface area contributed by atoms with Gasteiger partial charge in [-0.2, -0.15) is 0 Å². The third-order valence-electron chi connectivity index (χ3n) is 4.35. The smallest absolute Gasteiger partial charge is 0.160 e. The van der Waals surface area contributed by atoms with Gasteiger partial charge >= 0.3 is 0 Å². The molecule has 0 radical (unpaired) electrons. The summed E-state index contributed by atoms with van der Waals surface area (Å²) in [5.41, 5.74) is 1.33. The van der Waals surface area contributed by atoms with Crippen LogP contribution >= 0.6 is 0 Å². The van der Waals surface area contributed by atoms with Crippen molar-refractivity contribution in [2.45, 2.75) is 32.1 Å². The van der Waals surface area contributed by atoms with Crippen LogP contribution in [0.4, 0.5) is 0 Å². The number of nitrogens with zero attached hydrogens (tertiary/aromatic N) is 1. The van der Waals surface area contributed by atoms with Crippen LogP contribution in [0.2, 0.25) is 0 Å². The first-order chi connectivity index (χ1) is 10.8. The molecule has 1 aromatic carbocycles. The molecule has 124 valence electrons. The normalized spacial score (nSPS) is 15.7. The first-order valence-corrected chi connectivity index (χ1v) is 8.47. The molecule has 1 saturated heterocycles. The maximum Gasteiger partial charge on any atom is 0.160 e. The summed E-state index contributed by atoms with van der Waals surface area (Å²) in [6.07, 6.45) is 6.33. The zero-order chi connectivity index (χ0) is 15.6. The topological polar surface area (TPSA) is 33.7 Å². The fourth-order valence-corrected chi connectivity index (χ4v) is 2.99. The van der Waals surface area contributed by atoms with E-state index in [2.05, 4.69) is 22.3 Å². The van der Waals surface area contributed by atoms with Crippen molar-refractivity contribution in [3.05, 3.63) is 23.8 Å². The number of piperazine rings is 1. The molecule has 0 bridgehead atoms. The minimum absolute atomic E-state index is 0.808. The molecule has 1 aromatic rings. The number of rotatable bonds is 9. The molecule has 0 aliphatic carbocycles. The maximum atomic E-state index is 5.35. The molecule has 1 N–H and O–H groups in total. The number of nitrogens with one attached hydrogen (secondary N) is 1. The van der Waals surface area contributed by atoms with Gasteiger partial charge in [-0.15, -0.1) is 0 Å². The van der Waals surface area contributed by atoms with Gasteiger partial charge in [0.15, 0.2) is 11.5 Å². The van der Waals surface area contributed by atoms with Crippen molar-refractivity contribution in [3.8, 4) is 11.5 Å². The van der Waals surface area contributed by atoms with E-state index in [1.54, 1.807) is 14.2 Å². The highest BCUT2D eigenvalue weighted by molar-refractivity contribution is 5.42. The summed E-state index contributed by atoms with van der Waals surface area (Å²) in [4.78, 5) is 2.57. The standard InChI is InChI=1S/C18H30N2O2/c1-21-17-9-8-16(15-18(17)22-2)7-5-3-4-6-12-20-13-10-19-11-14-20/h8-9,15,19H,3-7,10-14H2,1-2H3. The number of ether oxygens (including phenoxy) is 2. The van der Waals surface area contributed by atoms with Gasteiger partial charge in [-0.25, -0.2) is 0 Å². The fraction of sp³-hybridized carbons (Fsp3) is 0.667. The Morgan fingerprint density at radius 3 is 2.41 bits per heavy atom. The number of hydrogen-bond donors (Lipinski definition) is 1. The first-order valence-electron chi connectivity index (χ1n) is 8.47.